The lowest BCUT2D eigenvalue weighted by Crippen LogP contribution is -2.09. The molecule has 0 saturated heterocycles. The normalized spacial score (nSPS) is 13.1. The number of aryl methyl sites for hydroxylation is 1. The van der Waals surface area contributed by atoms with Gasteiger partial charge in [0.15, 0.2) is 0 Å². The molecule has 92 valence electrons. The highest BCUT2D eigenvalue weighted by Crippen LogP contribution is 2.25. The summed E-state index contributed by atoms with van der Waals surface area (Å²) < 4.78 is 0. The van der Waals surface area contributed by atoms with Crippen molar-refractivity contribution in [1.82, 2.24) is 4.98 Å². The van der Waals surface area contributed by atoms with Gasteiger partial charge in [-0.25, -0.2) is 4.98 Å². The summed E-state index contributed by atoms with van der Waals surface area (Å²) in [5, 5.41) is 3.52. The molecule has 0 atom stereocenters. The first kappa shape index (κ1) is 13.7. The Kier molecular flexibility index (Phi) is 4.17. The Hall–Kier alpha value is -0.370. The first-order chi connectivity index (χ1) is 7.16. The lowest BCUT2D eigenvalue weighted by Gasteiger charge is -2.17. The third kappa shape index (κ3) is 5.64. The molecule has 0 aliphatic heterocycles. The van der Waals surface area contributed by atoms with Crippen LogP contribution in [0.3, 0.4) is 0 Å². The summed E-state index contributed by atoms with van der Waals surface area (Å²) in [4.78, 5) is 4.72. The van der Waals surface area contributed by atoms with E-state index in [4.69, 9.17) is 4.98 Å². The second kappa shape index (κ2) is 4.87. The van der Waals surface area contributed by atoms with Crippen molar-refractivity contribution < 1.29 is 0 Å². The summed E-state index contributed by atoms with van der Waals surface area (Å²) in [5.41, 5.74) is 2.03. The van der Waals surface area contributed by atoms with Crippen LogP contribution in [-0.2, 0) is 12.8 Å². The van der Waals surface area contributed by atoms with Gasteiger partial charge in [0.1, 0.15) is 0 Å². The van der Waals surface area contributed by atoms with Crippen molar-refractivity contribution in [3.8, 4) is 0 Å². The van der Waals surface area contributed by atoms with Gasteiger partial charge in [-0.2, -0.15) is 0 Å². The molecule has 0 radical (unpaired) electrons. The Labute approximate surface area is 104 Å². The summed E-state index contributed by atoms with van der Waals surface area (Å²) in [6.45, 7) is 13.7. The van der Waals surface area contributed by atoms with Crippen LogP contribution in [0.15, 0.2) is 5.38 Å². The van der Waals surface area contributed by atoms with E-state index in [1.807, 2.05) is 11.3 Å². The van der Waals surface area contributed by atoms with Crippen LogP contribution < -0.4 is 0 Å². The van der Waals surface area contributed by atoms with E-state index < -0.39 is 0 Å². The molecule has 2 heteroatoms. The molecule has 1 heterocycles. The van der Waals surface area contributed by atoms with Crippen LogP contribution in [0.4, 0.5) is 0 Å². The second-order valence-corrected chi connectivity index (χ2v) is 7.97. The molecule has 0 saturated carbocycles. The lowest BCUT2D eigenvalue weighted by molar-refractivity contribution is 0.376. The number of hydrogen-bond donors (Lipinski definition) is 0. The monoisotopic (exact) mass is 239 g/mol. The molecule has 0 bridgehead atoms. The summed E-state index contributed by atoms with van der Waals surface area (Å²) in [6.07, 6.45) is 3.42. The zero-order valence-corrected chi connectivity index (χ0v) is 12.4. The van der Waals surface area contributed by atoms with Gasteiger partial charge >= 0.3 is 0 Å². The zero-order chi connectivity index (χ0) is 12.4. The average molecular weight is 239 g/mol. The Morgan fingerprint density at radius 2 is 1.69 bits per heavy atom. The van der Waals surface area contributed by atoms with Crippen molar-refractivity contribution in [2.45, 2.75) is 60.8 Å². The molecule has 1 aromatic heterocycles. The van der Waals surface area contributed by atoms with Crippen LogP contribution in [-0.4, -0.2) is 4.98 Å². The summed E-state index contributed by atoms with van der Waals surface area (Å²) in [7, 11) is 0. The fourth-order valence-corrected chi connectivity index (χ4v) is 2.63. The van der Waals surface area contributed by atoms with E-state index in [1.54, 1.807) is 0 Å². The maximum atomic E-state index is 4.72. The molecule has 16 heavy (non-hydrogen) atoms. The average Bonchev–Trinajstić information content (AvgIpc) is 2.44. The zero-order valence-electron chi connectivity index (χ0n) is 11.6. The van der Waals surface area contributed by atoms with Gasteiger partial charge in [-0.3, -0.25) is 0 Å². The Balaban J connectivity index is 2.52. The first-order valence-electron chi connectivity index (χ1n) is 6.09. The smallest absolute Gasteiger partial charge is 0.0933 e. The van der Waals surface area contributed by atoms with Crippen molar-refractivity contribution in [2.75, 3.05) is 0 Å². The van der Waals surface area contributed by atoms with E-state index in [0.29, 0.717) is 10.8 Å². The molecular weight excluding hydrogens is 214 g/mol. The van der Waals surface area contributed by atoms with E-state index in [0.717, 1.165) is 12.8 Å². The van der Waals surface area contributed by atoms with E-state index in [-0.39, 0.29) is 0 Å². The van der Waals surface area contributed by atoms with Crippen LogP contribution in [0.25, 0.3) is 0 Å². The number of rotatable bonds is 3. The predicted octanol–water partition coefficient (Wildman–Crippen LogP) is 4.71. The Morgan fingerprint density at radius 1 is 1.06 bits per heavy atom. The van der Waals surface area contributed by atoms with Gasteiger partial charge in [-0.05, 0) is 23.7 Å². The summed E-state index contributed by atoms with van der Waals surface area (Å²) >= 11 is 1.82. The van der Waals surface area contributed by atoms with Crippen LogP contribution >= 0.6 is 11.3 Å². The van der Waals surface area contributed by atoms with Crippen LogP contribution in [0.2, 0.25) is 0 Å². The maximum Gasteiger partial charge on any atom is 0.0933 e. The molecule has 0 N–H and O–H groups in total. The van der Waals surface area contributed by atoms with Gasteiger partial charge in [0.05, 0.1) is 10.7 Å². The van der Waals surface area contributed by atoms with Crippen LogP contribution in [0.1, 0.15) is 58.7 Å². The quantitative estimate of drug-likeness (QED) is 0.744. The Morgan fingerprint density at radius 3 is 2.19 bits per heavy atom. The van der Waals surface area contributed by atoms with E-state index >= 15 is 0 Å². The van der Waals surface area contributed by atoms with Crippen molar-refractivity contribution in [1.29, 1.82) is 0 Å². The SMILES string of the molecule is CC(C)(C)CCc1csc(CC(C)(C)C)n1. The van der Waals surface area contributed by atoms with Gasteiger partial charge in [-0.1, -0.05) is 41.5 Å². The Bertz CT molecular complexity index is 325. The number of aromatic nitrogens is 1. The molecule has 0 spiro atoms. The molecule has 1 nitrogen and oxygen atoms in total. The molecule has 0 aliphatic rings. The van der Waals surface area contributed by atoms with Crippen molar-refractivity contribution >= 4 is 11.3 Å². The highest BCUT2D eigenvalue weighted by Gasteiger charge is 2.15. The minimum atomic E-state index is 0.346. The largest absolute Gasteiger partial charge is 0.246 e. The van der Waals surface area contributed by atoms with Crippen LogP contribution in [0, 0.1) is 10.8 Å². The third-order valence-electron chi connectivity index (χ3n) is 2.41. The highest BCUT2D eigenvalue weighted by atomic mass is 32.1. The minimum absolute atomic E-state index is 0.346. The number of hydrogen-bond acceptors (Lipinski definition) is 2. The van der Waals surface area contributed by atoms with Gasteiger partial charge in [0, 0.05) is 11.8 Å². The van der Waals surface area contributed by atoms with Gasteiger partial charge in [0.25, 0.3) is 0 Å². The van der Waals surface area contributed by atoms with E-state index in [9.17, 15) is 0 Å². The fraction of sp³-hybridized carbons (Fsp3) is 0.786. The van der Waals surface area contributed by atoms with E-state index in [2.05, 4.69) is 46.9 Å². The van der Waals surface area contributed by atoms with Gasteiger partial charge in [-0.15, -0.1) is 11.3 Å². The van der Waals surface area contributed by atoms with Crippen molar-refractivity contribution in [3.05, 3.63) is 16.1 Å². The maximum absolute atomic E-state index is 4.72. The third-order valence-corrected chi connectivity index (χ3v) is 3.31. The van der Waals surface area contributed by atoms with Crippen molar-refractivity contribution in [3.63, 3.8) is 0 Å². The predicted molar refractivity (Wildman–Crippen MR) is 73.0 cm³/mol. The molecule has 0 aliphatic carbocycles. The van der Waals surface area contributed by atoms with Gasteiger partial charge < -0.3 is 0 Å². The molecular formula is C14H25NS. The standard InChI is InChI=1S/C14H25NS/c1-13(2,3)8-7-11-10-16-12(15-11)9-14(4,5)6/h10H,7-9H2,1-6H3. The topological polar surface area (TPSA) is 12.9 Å². The molecule has 0 unspecified atom stereocenters. The molecule has 0 aromatic carbocycles. The second-order valence-electron chi connectivity index (χ2n) is 7.03. The minimum Gasteiger partial charge on any atom is -0.246 e. The van der Waals surface area contributed by atoms with E-state index in [1.165, 1.54) is 17.1 Å². The van der Waals surface area contributed by atoms with Gasteiger partial charge in [0.2, 0.25) is 0 Å². The van der Waals surface area contributed by atoms with Crippen molar-refractivity contribution in [2.24, 2.45) is 10.8 Å². The highest BCUT2D eigenvalue weighted by molar-refractivity contribution is 7.09. The van der Waals surface area contributed by atoms with Crippen LogP contribution in [0.5, 0.6) is 0 Å². The molecule has 1 aromatic rings. The lowest BCUT2D eigenvalue weighted by atomic mass is 9.90. The summed E-state index contributed by atoms with van der Waals surface area (Å²) in [5.74, 6) is 0. The first-order valence-corrected chi connectivity index (χ1v) is 6.97. The summed E-state index contributed by atoms with van der Waals surface area (Å²) in [6, 6.07) is 0. The number of nitrogens with zero attached hydrogens (tertiary/aromatic N) is 1. The molecule has 0 amide bonds. The fourth-order valence-electron chi connectivity index (χ4n) is 1.50. The molecule has 1 rings (SSSR count). The number of thiazole rings is 1. The molecule has 0 fully saturated rings.